The van der Waals surface area contributed by atoms with Crippen molar-refractivity contribution < 1.29 is 17.9 Å². The number of hydrogen-bond donors (Lipinski definition) is 0. The number of carbonyl (C=O) groups excluding carboxylic acids is 1. The fourth-order valence-corrected chi connectivity index (χ4v) is 4.44. The number of piperazine rings is 1. The predicted molar refractivity (Wildman–Crippen MR) is 97.8 cm³/mol. The molecule has 1 aromatic carbocycles. The van der Waals surface area contributed by atoms with Crippen molar-refractivity contribution in [2.24, 2.45) is 0 Å². The number of rotatable bonds is 3. The third-order valence-corrected chi connectivity index (χ3v) is 5.88. The van der Waals surface area contributed by atoms with Crippen LogP contribution < -0.4 is 0 Å². The van der Waals surface area contributed by atoms with E-state index in [-0.39, 0.29) is 31.4 Å². The van der Waals surface area contributed by atoms with Gasteiger partial charge in [0, 0.05) is 25.7 Å². The van der Waals surface area contributed by atoms with E-state index in [4.69, 9.17) is 10.00 Å². The lowest BCUT2D eigenvalue weighted by molar-refractivity contribution is 0.00857. The molecule has 0 unspecified atom stereocenters. The second-order valence-corrected chi connectivity index (χ2v) is 9.37. The van der Waals surface area contributed by atoms with E-state index in [1.54, 1.807) is 56.9 Å². The van der Waals surface area contributed by atoms with Crippen molar-refractivity contribution >= 4 is 16.1 Å². The van der Waals surface area contributed by atoms with Gasteiger partial charge in [-0.25, -0.2) is 13.2 Å². The molecular formula is C18H25N3O4S. The van der Waals surface area contributed by atoms with Crippen LogP contribution in [-0.2, 0) is 20.5 Å². The molecule has 1 saturated heterocycles. The average molecular weight is 379 g/mol. The first-order chi connectivity index (χ1) is 12.0. The smallest absolute Gasteiger partial charge is 0.410 e. The molecule has 0 bridgehead atoms. The second-order valence-electron chi connectivity index (χ2n) is 7.41. The predicted octanol–water partition coefficient (Wildman–Crippen LogP) is 2.33. The van der Waals surface area contributed by atoms with Gasteiger partial charge in [0.15, 0.2) is 0 Å². The van der Waals surface area contributed by atoms with Crippen molar-refractivity contribution in [1.82, 2.24) is 9.21 Å². The zero-order valence-electron chi connectivity index (χ0n) is 15.6. The monoisotopic (exact) mass is 379 g/mol. The van der Waals surface area contributed by atoms with Gasteiger partial charge in [0.1, 0.15) is 5.60 Å². The fraction of sp³-hybridized carbons (Fsp3) is 0.556. The Kier molecular flexibility index (Phi) is 5.94. The Balaban J connectivity index is 2.07. The number of ether oxygens (including phenoxy) is 1. The van der Waals surface area contributed by atoms with Crippen LogP contribution in [-0.4, -0.2) is 55.0 Å². The lowest BCUT2D eigenvalue weighted by atomic mass is 10.1. The number of amides is 1. The van der Waals surface area contributed by atoms with E-state index in [0.717, 1.165) is 0 Å². The summed E-state index contributed by atoms with van der Waals surface area (Å²) in [6, 6.07) is 8.41. The van der Waals surface area contributed by atoms with Crippen molar-refractivity contribution in [1.29, 1.82) is 5.26 Å². The molecule has 26 heavy (non-hydrogen) atoms. The number of nitrogens with zero attached hydrogens (tertiary/aromatic N) is 3. The SMILES string of the molecule is C[C@H]1CN(S(=O)(=O)Cc2ccccc2C#N)CCN1C(=O)OC(C)(C)C. The summed E-state index contributed by atoms with van der Waals surface area (Å²) < 4.78 is 32.3. The summed E-state index contributed by atoms with van der Waals surface area (Å²) in [6.07, 6.45) is -0.433. The average Bonchev–Trinajstić information content (AvgIpc) is 2.53. The maximum atomic E-state index is 12.8. The van der Waals surface area contributed by atoms with Crippen molar-refractivity contribution in [3.05, 3.63) is 35.4 Å². The highest BCUT2D eigenvalue weighted by atomic mass is 32.2. The minimum absolute atomic E-state index is 0.205. The van der Waals surface area contributed by atoms with Crippen LogP contribution in [0.15, 0.2) is 24.3 Å². The first kappa shape index (κ1) is 20.2. The van der Waals surface area contributed by atoms with Gasteiger partial charge >= 0.3 is 6.09 Å². The Bertz CT molecular complexity index is 808. The molecule has 0 aliphatic carbocycles. The molecule has 7 nitrogen and oxygen atoms in total. The lowest BCUT2D eigenvalue weighted by Gasteiger charge is -2.39. The van der Waals surface area contributed by atoms with Gasteiger partial charge in [-0.3, -0.25) is 0 Å². The van der Waals surface area contributed by atoms with Crippen molar-refractivity contribution in [3.63, 3.8) is 0 Å². The van der Waals surface area contributed by atoms with Crippen LogP contribution in [0, 0.1) is 11.3 Å². The molecule has 142 valence electrons. The Morgan fingerprint density at radius 1 is 1.31 bits per heavy atom. The first-order valence-corrected chi connectivity index (χ1v) is 10.1. The Labute approximate surface area is 155 Å². The van der Waals surface area contributed by atoms with Crippen molar-refractivity contribution in [3.8, 4) is 6.07 Å². The molecule has 1 aromatic rings. The van der Waals surface area contributed by atoms with E-state index < -0.39 is 21.7 Å². The first-order valence-electron chi connectivity index (χ1n) is 8.49. The number of carbonyl (C=O) groups is 1. The quantitative estimate of drug-likeness (QED) is 0.804. The maximum Gasteiger partial charge on any atom is 0.410 e. The number of sulfonamides is 1. The van der Waals surface area contributed by atoms with Gasteiger partial charge in [-0.1, -0.05) is 18.2 Å². The van der Waals surface area contributed by atoms with E-state index in [2.05, 4.69) is 0 Å². The summed E-state index contributed by atoms with van der Waals surface area (Å²) in [6.45, 7) is 7.87. The minimum atomic E-state index is -3.58. The van der Waals surface area contributed by atoms with Gasteiger partial charge in [-0.2, -0.15) is 9.57 Å². The van der Waals surface area contributed by atoms with Gasteiger partial charge in [-0.05, 0) is 39.3 Å². The molecule has 8 heteroatoms. The molecule has 0 spiro atoms. The summed E-state index contributed by atoms with van der Waals surface area (Å²) >= 11 is 0. The zero-order valence-corrected chi connectivity index (χ0v) is 16.4. The number of benzene rings is 1. The van der Waals surface area contributed by atoms with Gasteiger partial charge < -0.3 is 9.64 Å². The highest BCUT2D eigenvalue weighted by Crippen LogP contribution is 2.20. The normalized spacial score (nSPS) is 19.0. The van der Waals surface area contributed by atoms with Crippen molar-refractivity contribution in [2.75, 3.05) is 19.6 Å². The van der Waals surface area contributed by atoms with E-state index in [0.29, 0.717) is 11.1 Å². The third kappa shape index (κ3) is 4.96. The third-order valence-electron chi connectivity index (χ3n) is 4.09. The van der Waals surface area contributed by atoms with Crippen LogP contribution >= 0.6 is 0 Å². The summed E-state index contributed by atoms with van der Waals surface area (Å²) in [5.41, 5.74) is 0.245. The highest BCUT2D eigenvalue weighted by molar-refractivity contribution is 7.88. The van der Waals surface area contributed by atoms with Crippen LogP contribution in [0.4, 0.5) is 4.79 Å². The van der Waals surface area contributed by atoms with E-state index >= 15 is 0 Å². The summed E-state index contributed by atoms with van der Waals surface area (Å²) in [4.78, 5) is 13.8. The molecule has 0 saturated carbocycles. The highest BCUT2D eigenvalue weighted by Gasteiger charge is 2.35. The van der Waals surface area contributed by atoms with E-state index in [9.17, 15) is 13.2 Å². The topological polar surface area (TPSA) is 90.7 Å². The molecule has 2 rings (SSSR count). The number of nitriles is 1. The van der Waals surface area contributed by atoms with Gasteiger partial charge in [0.05, 0.1) is 17.4 Å². The van der Waals surface area contributed by atoms with Crippen LogP contribution in [0.25, 0.3) is 0 Å². The summed E-state index contributed by atoms with van der Waals surface area (Å²) in [7, 11) is -3.58. The fourth-order valence-electron chi connectivity index (χ4n) is 2.81. The molecule has 0 radical (unpaired) electrons. The van der Waals surface area contributed by atoms with Crippen LogP contribution in [0.1, 0.15) is 38.8 Å². The molecule has 1 heterocycles. The van der Waals surface area contributed by atoms with Gasteiger partial charge in [0.25, 0.3) is 0 Å². The second kappa shape index (κ2) is 7.64. The van der Waals surface area contributed by atoms with Crippen LogP contribution in [0.5, 0.6) is 0 Å². The Morgan fingerprint density at radius 2 is 1.96 bits per heavy atom. The summed E-state index contributed by atoms with van der Waals surface area (Å²) in [5, 5.41) is 9.14. The van der Waals surface area contributed by atoms with E-state index in [1.165, 1.54) is 4.31 Å². The number of hydrogen-bond acceptors (Lipinski definition) is 5. The lowest BCUT2D eigenvalue weighted by Crippen LogP contribution is -2.56. The molecule has 1 aliphatic heterocycles. The molecule has 0 aromatic heterocycles. The van der Waals surface area contributed by atoms with Gasteiger partial charge in [-0.15, -0.1) is 0 Å². The largest absolute Gasteiger partial charge is 0.444 e. The maximum absolute atomic E-state index is 12.8. The zero-order chi connectivity index (χ0) is 19.5. The van der Waals surface area contributed by atoms with Crippen LogP contribution in [0.3, 0.4) is 0 Å². The Morgan fingerprint density at radius 3 is 2.54 bits per heavy atom. The minimum Gasteiger partial charge on any atom is -0.444 e. The van der Waals surface area contributed by atoms with Crippen LogP contribution in [0.2, 0.25) is 0 Å². The summed E-state index contributed by atoms with van der Waals surface area (Å²) in [5.74, 6) is -0.226. The molecule has 1 aliphatic rings. The van der Waals surface area contributed by atoms with E-state index in [1.807, 2.05) is 6.07 Å². The van der Waals surface area contributed by atoms with Gasteiger partial charge in [0.2, 0.25) is 10.0 Å². The standard InChI is InChI=1S/C18H25N3O4S/c1-14-12-20(9-10-21(14)17(22)25-18(2,3)4)26(23,24)13-16-8-6-5-7-15(16)11-19/h5-8,14H,9-10,12-13H2,1-4H3/t14-/m0/s1. The van der Waals surface area contributed by atoms with Crippen molar-refractivity contribution in [2.45, 2.75) is 45.1 Å². The molecule has 1 fully saturated rings. The molecular weight excluding hydrogens is 354 g/mol. The molecule has 1 atom stereocenters. The Hall–Kier alpha value is -2.11. The molecule has 0 N–H and O–H groups in total. The molecule has 1 amide bonds.